The number of carbonyl (C=O) groups excluding carboxylic acids is 2. The van der Waals surface area contributed by atoms with Gasteiger partial charge >= 0.3 is 5.97 Å². The zero-order valence-electron chi connectivity index (χ0n) is 13.3. The van der Waals surface area contributed by atoms with Gasteiger partial charge in [-0.05, 0) is 43.3 Å². The molecule has 0 aliphatic heterocycles. The van der Waals surface area contributed by atoms with Gasteiger partial charge in [0.2, 0.25) is 0 Å². The summed E-state index contributed by atoms with van der Waals surface area (Å²) in [4.78, 5) is 24.5. The highest BCUT2D eigenvalue weighted by atomic mass is 35.5. The summed E-state index contributed by atoms with van der Waals surface area (Å²) >= 11 is 17.6. The number of hydrogen-bond acceptors (Lipinski definition) is 4. The van der Waals surface area contributed by atoms with E-state index in [1.165, 1.54) is 44.4 Å². The van der Waals surface area contributed by atoms with Gasteiger partial charge in [0.15, 0.2) is 6.10 Å². The summed E-state index contributed by atoms with van der Waals surface area (Å²) < 4.78 is 10.3. The van der Waals surface area contributed by atoms with Crippen molar-refractivity contribution in [3.8, 4) is 5.75 Å². The first-order valence-corrected chi connectivity index (χ1v) is 8.25. The van der Waals surface area contributed by atoms with Crippen molar-refractivity contribution >= 4 is 52.4 Å². The number of rotatable bonds is 5. The summed E-state index contributed by atoms with van der Waals surface area (Å²) in [6, 6.07) is 9.12. The standard InChI is InChI=1S/C17H14Cl3NO4/c1-9(16(22)21-13-6-11(19)5-12(20)7-13)25-17(23)14-8-10(18)3-4-15(14)24-2/h3-9H,1-2H3,(H,21,22)/t9-/m0/s1. The summed E-state index contributed by atoms with van der Waals surface area (Å²) in [6.45, 7) is 1.44. The molecule has 0 aromatic heterocycles. The lowest BCUT2D eigenvalue weighted by atomic mass is 10.2. The van der Waals surface area contributed by atoms with Gasteiger partial charge in [0.25, 0.3) is 5.91 Å². The molecule has 8 heteroatoms. The van der Waals surface area contributed by atoms with E-state index in [0.717, 1.165) is 0 Å². The van der Waals surface area contributed by atoms with Crippen LogP contribution in [0.2, 0.25) is 15.1 Å². The molecule has 132 valence electrons. The summed E-state index contributed by atoms with van der Waals surface area (Å²) in [7, 11) is 1.42. The van der Waals surface area contributed by atoms with Crippen LogP contribution in [0.1, 0.15) is 17.3 Å². The monoisotopic (exact) mass is 401 g/mol. The number of hydrogen-bond donors (Lipinski definition) is 1. The normalized spacial score (nSPS) is 11.6. The third-order valence-corrected chi connectivity index (χ3v) is 3.84. The van der Waals surface area contributed by atoms with Gasteiger partial charge in [0, 0.05) is 20.8 Å². The van der Waals surface area contributed by atoms with Crippen LogP contribution >= 0.6 is 34.8 Å². The van der Waals surface area contributed by atoms with Gasteiger partial charge in [0.1, 0.15) is 11.3 Å². The molecule has 0 saturated carbocycles. The van der Waals surface area contributed by atoms with Gasteiger partial charge in [-0.15, -0.1) is 0 Å². The highest BCUT2D eigenvalue weighted by Gasteiger charge is 2.22. The SMILES string of the molecule is COc1ccc(Cl)cc1C(=O)O[C@@H](C)C(=O)Nc1cc(Cl)cc(Cl)c1. The summed E-state index contributed by atoms with van der Waals surface area (Å²) in [5, 5.41) is 3.67. The van der Waals surface area contributed by atoms with Crippen LogP contribution in [0.15, 0.2) is 36.4 Å². The maximum Gasteiger partial charge on any atom is 0.342 e. The van der Waals surface area contributed by atoms with Gasteiger partial charge < -0.3 is 14.8 Å². The quantitative estimate of drug-likeness (QED) is 0.727. The molecule has 25 heavy (non-hydrogen) atoms. The minimum atomic E-state index is -1.06. The molecular weight excluding hydrogens is 389 g/mol. The topological polar surface area (TPSA) is 64.6 Å². The summed E-state index contributed by atoms with van der Waals surface area (Å²) in [5.41, 5.74) is 0.520. The minimum absolute atomic E-state index is 0.125. The molecule has 0 radical (unpaired) electrons. The Labute approximate surface area is 159 Å². The van der Waals surface area contributed by atoms with Gasteiger partial charge in [-0.2, -0.15) is 0 Å². The third kappa shape index (κ3) is 5.26. The number of carbonyl (C=O) groups is 2. The van der Waals surface area contributed by atoms with Crippen LogP contribution in [0.5, 0.6) is 5.75 Å². The van der Waals surface area contributed by atoms with Crippen molar-refractivity contribution in [3.05, 3.63) is 57.0 Å². The molecule has 0 aliphatic carbocycles. The van der Waals surface area contributed by atoms with E-state index in [-0.39, 0.29) is 5.56 Å². The first kappa shape index (κ1) is 19.4. The fraction of sp³-hybridized carbons (Fsp3) is 0.176. The van der Waals surface area contributed by atoms with Crippen LogP contribution in [0, 0.1) is 0 Å². The van der Waals surface area contributed by atoms with E-state index in [0.29, 0.717) is 26.5 Å². The Morgan fingerprint density at radius 1 is 1.00 bits per heavy atom. The molecule has 2 rings (SSSR count). The third-order valence-electron chi connectivity index (χ3n) is 3.16. The van der Waals surface area contributed by atoms with Crippen LogP contribution in [0.25, 0.3) is 0 Å². The second kappa shape index (κ2) is 8.43. The Bertz CT molecular complexity index is 790. The number of ether oxygens (including phenoxy) is 2. The van der Waals surface area contributed by atoms with E-state index in [4.69, 9.17) is 44.3 Å². The Morgan fingerprint density at radius 2 is 1.64 bits per heavy atom. The number of methoxy groups -OCH3 is 1. The van der Waals surface area contributed by atoms with Crippen molar-refractivity contribution in [2.45, 2.75) is 13.0 Å². The van der Waals surface area contributed by atoms with E-state index < -0.39 is 18.0 Å². The average molecular weight is 403 g/mol. The van der Waals surface area contributed by atoms with Crippen molar-refractivity contribution in [1.82, 2.24) is 0 Å². The molecular formula is C17H14Cl3NO4. The first-order valence-electron chi connectivity index (χ1n) is 7.11. The van der Waals surface area contributed by atoms with Crippen molar-refractivity contribution in [2.24, 2.45) is 0 Å². The van der Waals surface area contributed by atoms with Gasteiger partial charge in [0.05, 0.1) is 7.11 Å². The molecule has 1 amide bonds. The van der Waals surface area contributed by atoms with Gasteiger partial charge in [-0.3, -0.25) is 4.79 Å². The van der Waals surface area contributed by atoms with Crippen molar-refractivity contribution in [1.29, 1.82) is 0 Å². The second-order valence-corrected chi connectivity index (χ2v) is 6.35. The summed E-state index contributed by atoms with van der Waals surface area (Å²) in [5.74, 6) is -0.970. The Hall–Kier alpha value is -1.95. The Balaban J connectivity index is 2.08. The molecule has 0 aliphatic rings. The zero-order chi connectivity index (χ0) is 18.6. The molecule has 1 atom stereocenters. The van der Waals surface area contributed by atoms with E-state index in [9.17, 15) is 9.59 Å². The van der Waals surface area contributed by atoms with E-state index >= 15 is 0 Å². The molecule has 0 bridgehead atoms. The Morgan fingerprint density at radius 3 is 2.24 bits per heavy atom. The van der Waals surface area contributed by atoms with Crippen molar-refractivity contribution in [3.63, 3.8) is 0 Å². The number of halogens is 3. The highest BCUT2D eigenvalue weighted by molar-refractivity contribution is 6.35. The number of nitrogens with one attached hydrogen (secondary N) is 1. The maximum atomic E-state index is 12.3. The molecule has 0 heterocycles. The van der Waals surface area contributed by atoms with Crippen LogP contribution in [-0.2, 0) is 9.53 Å². The molecule has 5 nitrogen and oxygen atoms in total. The van der Waals surface area contributed by atoms with E-state index in [1.54, 1.807) is 6.07 Å². The highest BCUT2D eigenvalue weighted by Crippen LogP contribution is 2.25. The lowest BCUT2D eigenvalue weighted by Crippen LogP contribution is -2.30. The molecule has 0 fully saturated rings. The van der Waals surface area contributed by atoms with E-state index in [2.05, 4.69) is 5.32 Å². The predicted molar refractivity (Wildman–Crippen MR) is 98.0 cm³/mol. The molecule has 2 aromatic rings. The Kier molecular flexibility index (Phi) is 6.53. The molecule has 0 saturated heterocycles. The number of esters is 1. The number of benzene rings is 2. The zero-order valence-corrected chi connectivity index (χ0v) is 15.6. The first-order chi connectivity index (χ1) is 11.8. The average Bonchev–Trinajstić information content (AvgIpc) is 2.53. The smallest absolute Gasteiger partial charge is 0.342 e. The largest absolute Gasteiger partial charge is 0.496 e. The van der Waals surface area contributed by atoms with E-state index in [1.807, 2.05) is 0 Å². The van der Waals surface area contributed by atoms with Gasteiger partial charge in [-0.25, -0.2) is 4.79 Å². The maximum absolute atomic E-state index is 12.3. The fourth-order valence-electron chi connectivity index (χ4n) is 1.99. The number of anilines is 1. The summed E-state index contributed by atoms with van der Waals surface area (Å²) in [6.07, 6.45) is -1.06. The molecule has 0 unspecified atom stereocenters. The number of amides is 1. The molecule has 0 spiro atoms. The lowest BCUT2D eigenvalue weighted by molar-refractivity contribution is -0.123. The van der Waals surface area contributed by atoms with Crippen LogP contribution in [0.3, 0.4) is 0 Å². The van der Waals surface area contributed by atoms with Crippen molar-refractivity contribution in [2.75, 3.05) is 12.4 Å². The molecule has 1 N–H and O–H groups in total. The van der Waals surface area contributed by atoms with Crippen molar-refractivity contribution < 1.29 is 19.1 Å². The van der Waals surface area contributed by atoms with Gasteiger partial charge in [-0.1, -0.05) is 34.8 Å². The second-order valence-electron chi connectivity index (χ2n) is 5.04. The lowest BCUT2D eigenvalue weighted by Gasteiger charge is -2.15. The predicted octanol–water partition coefficient (Wildman–Crippen LogP) is 4.84. The van der Waals surface area contributed by atoms with Crippen LogP contribution < -0.4 is 10.1 Å². The molecule has 2 aromatic carbocycles. The minimum Gasteiger partial charge on any atom is -0.496 e. The van der Waals surface area contributed by atoms with Crippen LogP contribution in [-0.4, -0.2) is 25.1 Å². The fourth-order valence-corrected chi connectivity index (χ4v) is 2.69. The van der Waals surface area contributed by atoms with Crippen LogP contribution in [0.4, 0.5) is 5.69 Å².